The zero-order valence-corrected chi connectivity index (χ0v) is 11.8. The lowest BCUT2D eigenvalue weighted by molar-refractivity contribution is 0.425. The van der Waals surface area contributed by atoms with Crippen molar-refractivity contribution in [2.24, 2.45) is 0 Å². The molecule has 0 unspecified atom stereocenters. The number of nitrogens with zero attached hydrogens (tertiary/aromatic N) is 3. The van der Waals surface area contributed by atoms with Gasteiger partial charge in [0.1, 0.15) is 11.4 Å². The third-order valence-corrected chi connectivity index (χ3v) is 3.76. The van der Waals surface area contributed by atoms with Crippen LogP contribution in [-0.4, -0.2) is 20.3 Å². The Morgan fingerprint density at radius 1 is 1.40 bits per heavy atom. The molecule has 0 radical (unpaired) electrons. The minimum absolute atomic E-state index is 0.359. The predicted molar refractivity (Wildman–Crippen MR) is 77.3 cm³/mol. The second-order valence-corrected chi connectivity index (χ2v) is 5.44. The van der Waals surface area contributed by atoms with Gasteiger partial charge in [-0.1, -0.05) is 22.8 Å². The van der Waals surface area contributed by atoms with Gasteiger partial charge in [-0.3, -0.25) is 5.10 Å². The number of H-pyrrole nitrogens is 1. The zero-order valence-electron chi connectivity index (χ0n) is 10.2. The molecular weight excluding hydrogens is 298 g/mol. The first-order chi connectivity index (χ1) is 9.72. The summed E-state index contributed by atoms with van der Waals surface area (Å²) in [5.41, 5.74) is 6.31. The topological polar surface area (TPSA) is 93.6 Å². The van der Waals surface area contributed by atoms with Gasteiger partial charge in [-0.25, -0.2) is 0 Å². The fraction of sp³-hybridized carbons (Fsp3) is 0.0833. The molecule has 0 spiro atoms. The van der Waals surface area contributed by atoms with Crippen LogP contribution in [0.3, 0.4) is 0 Å². The SMILES string of the molecule is Nc1[nH]ncc1-c1nc(CSc2cccc(Cl)c2)no1. The van der Waals surface area contributed by atoms with E-state index < -0.39 is 0 Å². The number of rotatable bonds is 4. The smallest absolute Gasteiger partial charge is 0.263 e. The molecule has 2 aromatic heterocycles. The van der Waals surface area contributed by atoms with Crippen molar-refractivity contribution in [3.63, 3.8) is 0 Å². The molecule has 0 fully saturated rings. The Kier molecular flexibility index (Phi) is 3.62. The van der Waals surface area contributed by atoms with Gasteiger partial charge in [0.25, 0.3) is 5.89 Å². The average molecular weight is 308 g/mol. The van der Waals surface area contributed by atoms with Gasteiger partial charge in [-0.2, -0.15) is 10.1 Å². The van der Waals surface area contributed by atoms with Crippen LogP contribution in [0.15, 0.2) is 39.9 Å². The van der Waals surface area contributed by atoms with E-state index in [0.717, 1.165) is 4.90 Å². The predicted octanol–water partition coefficient (Wildman–Crippen LogP) is 2.99. The highest BCUT2D eigenvalue weighted by Crippen LogP contribution is 2.26. The van der Waals surface area contributed by atoms with E-state index in [4.69, 9.17) is 21.9 Å². The second kappa shape index (κ2) is 5.56. The maximum atomic E-state index is 5.93. The molecule has 3 N–H and O–H groups in total. The standard InChI is InChI=1S/C12H10ClN5OS/c13-7-2-1-3-8(4-7)20-6-10-16-12(19-18-10)9-5-15-17-11(9)14/h1-5H,6H2,(H3,14,15,17). The molecule has 0 aliphatic heterocycles. The number of nitrogen functional groups attached to an aromatic ring is 1. The lowest BCUT2D eigenvalue weighted by Gasteiger charge is -1.98. The Morgan fingerprint density at radius 3 is 3.05 bits per heavy atom. The summed E-state index contributed by atoms with van der Waals surface area (Å²) in [7, 11) is 0. The van der Waals surface area contributed by atoms with Crippen LogP contribution < -0.4 is 5.73 Å². The fourth-order valence-corrected chi connectivity index (χ4v) is 2.65. The minimum atomic E-state index is 0.359. The summed E-state index contributed by atoms with van der Waals surface area (Å²) in [6, 6.07) is 7.60. The number of thioether (sulfide) groups is 1. The highest BCUT2D eigenvalue weighted by molar-refractivity contribution is 7.98. The fourth-order valence-electron chi connectivity index (χ4n) is 1.59. The summed E-state index contributed by atoms with van der Waals surface area (Å²) in [6.45, 7) is 0. The van der Waals surface area contributed by atoms with Crippen LogP contribution in [-0.2, 0) is 5.75 Å². The van der Waals surface area contributed by atoms with E-state index in [1.807, 2.05) is 24.3 Å². The first-order valence-corrected chi connectivity index (χ1v) is 7.09. The first kappa shape index (κ1) is 13.0. The highest BCUT2D eigenvalue weighted by Gasteiger charge is 2.13. The molecular formula is C12H10ClN5OS. The Bertz CT molecular complexity index is 726. The van der Waals surface area contributed by atoms with Gasteiger partial charge in [0.2, 0.25) is 0 Å². The number of anilines is 1. The molecule has 20 heavy (non-hydrogen) atoms. The molecule has 0 aliphatic carbocycles. The summed E-state index contributed by atoms with van der Waals surface area (Å²) < 4.78 is 5.16. The number of aromatic nitrogens is 4. The third-order valence-electron chi connectivity index (χ3n) is 2.53. The number of nitrogens with one attached hydrogen (secondary N) is 1. The average Bonchev–Trinajstić information content (AvgIpc) is 3.05. The van der Waals surface area contributed by atoms with Gasteiger partial charge in [-0.15, -0.1) is 11.8 Å². The summed E-state index contributed by atoms with van der Waals surface area (Å²) in [4.78, 5) is 5.33. The number of aromatic amines is 1. The van der Waals surface area contributed by atoms with Crippen molar-refractivity contribution >= 4 is 29.2 Å². The van der Waals surface area contributed by atoms with Crippen LogP contribution in [0.4, 0.5) is 5.82 Å². The quantitative estimate of drug-likeness (QED) is 0.720. The Labute approximate surface area is 123 Å². The van der Waals surface area contributed by atoms with E-state index in [1.54, 1.807) is 18.0 Å². The Balaban J connectivity index is 1.70. The Hall–Kier alpha value is -1.99. The maximum Gasteiger partial charge on any atom is 0.263 e. The van der Waals surface area contributed by atoms with Crippen molar-refractivity contribution in [3.05, 3.63) is 41.3 Å². The monoisotopic (exact) mass is 307 g/mol. The largest absolute Gasteiger partial charge is 0.383 e. The van der Waals surface area contributed by atoms with Crippen molar-refractivity contribution in [1.82, 2.24) is 20.3 Å². The lowest BCUT2D eigenvalue weighted by Crippen LogP contribution is -1.88. The van der Waals surface area contributed by atoms with E-state index in [2.05, 4.69) is 20.3 Å². The molecule has 1 aromatic carbocycles. The summed E-state index contributed by atoms with van der Waals surface area (Å²) in [5.74, 6) is 1.94. The lowest BCUT2D eigenvalue weighted by atomic mass is 10.3. The molecule has 0 amide bonds. The van der Waals surface area contributed by atoms with Crippen LogP contribution in [0.1, 0.15) is 5.82 Å². The maximum absolute atomic E-state index is 5.93. The Morgan fingerprint density at radius 2 is 2.30 bits per heavy atom. The normalized spacial score (nSPS) is 10.8. The van der Waals surface area contributed by atoms with Crippen molar-refractivity contribution in [1.29, 1.82) is 0 Å². The zero-order chi connectivity index (χ0) is 13.9. The summed E-state index contributed by atoms with van der Waals surface area (Å²) in [6.07, 6.45) is 1.55. The van der Waals surface area contributed by atoms with E-state index in [9.17, 15) is 0 Å². The van der Waals surface area contributed by atoms with Crippen molar-refractivity contribution in [2.75, 3.05) is 5.73 Å². The number of hydrogen-bond donors (Lipinski definition) is 2. The van der Waals surface area contributed by atoms with Crippen molar-refractivity contribution < 1.29 is 4.52 Å². The third kappa shape index (κ3) is 2.78. The number of hydrogen-bond acceptors (Lipinski definition) is 6. The van der Waals surface area contributed by atoms with E-state index >= 15 is 0 Å². The second-order valence-electron chi connectivity index (χ2n) is 3.96. The van der Waals surface area contributed by atoms with E-state index in [0.29, 0.717) is 33.9 Å². The highest BCUT2D eigenvalue weighted by atomic mass is 35.5. The van der Waals surface area contributed by atoms with Gasteiger partial charge < -0.3 is 10.3 Å². The van der Waals surface area contributed by atoms with Crippen molar-refractivity contribution in [2.45, 2.75) is 10.6 Å². The molecule has 3 rings (SSSR count). The summed E-state index contributed by atoms with van der Waals surface area (Å²) in [5, 5.41) is 11.1. The van der Waals surface area contributed by atoms with Gasteiger partial charge in [0, 0.05) is 9.92 Å². The van der Waals surface area contributed by atoms with Gasteiger partial charge in [0.05, 0.1) is 11.9 Å². The van der Waals surface area contributed by atoms with Crippen LogP contribution in [0.2, 0.25) is 5.02 Å². The minimum Gasteiger partial charge on any atom is -0.383 e. The first-order valence-electron chi connectivity index (χ1n) is 5.72. The molecule has 3 aromatic rings. The van der Waals surface area contributed by atoms with Gasteiger partial charge in [-0.05, 0) is 18.2 Å². The van der Waals surface area contributed by atoms with E-state index in [-0.39, 0.29) is 0 Å². The van der Waals surface area contributed by atoms with Crippen molar-refractivity contribution in [3.8, 4) is 11.5 Å². The molecule has 6 nitrogen and oxygen atoms in total. The number of benzene rings is 1. The molecule has 2 heterocycles. The molecule has 0 saturated heterocycles. The molecule has 0 atom stereocenters. The van der Waals surface area contributed by atoms with Crippen LogP contribution >= 0.6 is 23.4 Å². The van der Waals surface area contributed by atoms with E-state index in [1.165, 1.54) is 0 Å². The summed E-state index contributed by atoms with van der Waals surface area (Å²) >= 11 is 7.51. The molecule has 0 bridgehead atoms. The molecule has 0 saturated carbocycles. The molecule has 102 valence electrons. The number of halogens is 1. The van der Waals surface area contributed by atoms with Crippen LogP contribution in [0, 0.1) is 0 Å². The van der Waals surface area contributed by atoms with Gasteiger partial charge >= 0.3 is 0 Å². The number of nitrogens with two attached hydrogens (primary N) is 1. The molecule has 0 aliphatic rings. The molecule has 8 heteroatoms. The van der Waals surface area contributed by atoms with Crippen LogP contribution in [0.5, 0.6) is 0 Å². The van der Waals surface area contributed by atoms with Crippen LogP contribution in [0.25, 0.3) is 11.5 Å². The van der Waals surface area contributed by atoms with Gasteiger partial charge in [0.15, 0.2) is 5.82 Å².